The lowest BCUT2D eigenvalue weighted by Gasteiger charge is -2.13. The Hall–Kier alpha value is -2.29. The van der Waals surface area contributed by atoms with Crippen LogP contribution in [0.1, 0.15) is 27.6 Å². The Morgan fingerprint density at radius 1 is 1.12 bits per heavy atom. The zero-order valence-electron chi connectivity index (χ0n) is 13.8. The van der Waals surface area contributed by atoms with Crippen molar-refractivity contribution in [2.24, 2.45) is 0 Å². The van der Waals surface area contributed by atoms with E-state index in [1.807, 2.05) is 0 Å². The van der Waals surface area contributed by atoms with E-state index >= 15 is 0 Å². The Labute approximate surface area is 155 Å². The minimum atomic E-state index is -3.87. The predicted octanol–water partition coefficient (Wildman–Crippen LogP) is 2.82. The number of ketones is 1. The molecule has 0 saturated carbocycles. The lowest BCUT2D eigenvalue weighted by atomic mass is 10.1. The average molecular weight is 400 g/mol. The van der Waals surface area contributed by atoms with Crippen molar-refractivity contribution in [3.8, 4) is 0 Å². The number of carbonyl (C=O) groups excluding carboxylic acids is 2. The Balaban J connectivity index is 2.20. The largest absolute Gasteiger partial charge is 0.451 e. The summed E-state index contributed by atoms with van der Waals surface area (Å²) in [6.45, 7) is 1.37. The van der Waals surface area contributed by atoms with Crippen LogP contribution < -0.4 is 4.72 Å². The summed E-state index contributed by atoms with van der Waals surface area (Å²) >= 11 is 5.86. The van der Waals surface area contributed by atoms with Crippen molar-refractivity contribution in [3.05, 3.63) is 64.4 Å². The van der Waals surface area contributed by atoms with Crippen molar-refractivity contribution in [1.29, 1.82) is 0 Å². The summed E-state index contributed by atoms with van der Waals surface area (Å²) in [7, 11) is -2.66. The molecule has 9 heteroatoms. The van der Waals surface area contributed by atoms with E-state index in [0.29, 0.717) is 0 Å². The van der Waals surface area contributed by atoms with Gasteiger partial charge in [0.25, 0.3) is 0 Å². The van der Waals surface area contributed by atoms with Crippen LogP contribution in [0.2, 0.25) is 5.02 Å². The van der Waals surface area contributed by atoms with Gasteiger partial charge in [-0.15, -0.1) is 0 Å². The van der Waals surface area contributed by atoms with E-state index in [-0.39, 0.29) is 21.0 Å². The van der Waals surface area contributed by atoms with E-state index in [4.69, 9.17) is 16.3 Å². The van der Waals surface area contributed by atoms with Crippen molar-refractivity contribution >= 4 is 33.4 Å². The van der Waals surface area contributed by atoms with Gasteiger partial charge in [-0.1, -0.05) is 11.6 Å². The summed E-state index contributed by atoms with van der Waals surface area (Å²) < 4.78 is 43.9. The van der Waals surface area contributed by atoms with Crippen molar-refractivity contribution in [2.75, 3.05) is 7.05 Å². The number of Topliss-reactive ketones (excluding diaryl/α,β-unsaturated/α-hetero) is 1. The second kappa shape index (κ2) is 7.94. The molecule has 0 bridgehead atoms. The molecule has 0 radical (unpaired) electrons. The Bertz CT molecular complexity index is 944. The fourth-order valence-electron chi connectivity index (χ4n) is 2.08. The fraction of sp³-hybridized carbons (Fsp3) is 0.176. The summed E-state index contributed by atoms with van der Waals surface area (Å²) in [6.07, 6.45) is -1.15. The molecule has 1 N–H and O–H groups in total. The number of esters is 1. The maximum atomic E-state index is 12.9. The van der Waals surface area contributed by atoms with Crippen LogP contribution in [0, 0.1) is 5.82 Å². The molecule has 1 atom stereocenters. The SMILES string of the molecule is CNS(=O)(=O)c1cc(C(=O)O[C@@H](C)C(=O)c2ccc(F)cc2)ccc1Cl. The number of benzene rings is 2. The highest BCUT2D eigenvalue weighted by Gasteiger charge is 2.23. The van der Waals surface area contributed by atoms with E-state index < -0.39 is 33.7 Å². The number of hydrogen-bond donors (Lipinski definition) is 1. The zero-order valence-corrected chi connectivity index (χ0v) is 15.4. The topological polar surface area (TPSA) is 89.5 Å². The van der Waals surface area contributed by atoms with E-state index in [1.54, 1.807) is 0 Å². The Kier molecular flexibility index (Phi) is 6.12. The molecule has 2 aromatic carbocycles. The van der Waals surface area contributed by atoms with Gasteiger partial charge in [0.15, 0.2) is 6.10 Å². The van der Waals surface area contributed by atoms with Gasteiger partial charge in [0.1, 0.15) is 10.7 Å². The highest BCUT2D eigenvalue weighted by atomic mass is 35.5. The molecule has 6 nitrogen and oxygen atoms in total. The van der Waals surface area contributed by atoms with E-state index in [0.717, 1.165) is 18.2 Å². The summed E-state index contributed by atoms with van der Waals surface area (Å²) in [5.74, 6) is -1.90. The van der Waals surface area contributed by atoms with Gasteiger partial charge in [-0.2, -0.15) is 0 Å². The predicted molar refractivity (Wildman–Crippen MR) is 93.3 cm³/mol. The average Bonchev–Trinajstić information content (AvgIpc) is 2.61. The van der Waals surface area contributed by atoms with Crippen LogP contribution in [0.25, 0.3) is 0 Å². The van der Waals surface area contributed by atoms with Crippen LogP contribution in [0.3, 0.4) is 0 Å². The maximum absolute atomic E-state index is 12.9. The molecule has 0 aliphatic carbocycles. The zero-order chi connectivity index (χ0) is 19.5. The number of halogens is 2. The first-order chi connectivity index (χ1) is 12.2. The van der Waals surface area contributed by atoms with Crippen molar-refractivity contribution in [1.82, 2.24) is 4.72 Å². The second-order valence-electron chi connectivity index (χ2n) is 5.27. The number of hydrogen-bond acceptors (Lipinski definition) is 5. The number of ether oxygens (including phenoxy) is 1. The Morgan fingerprint density at radius 2 is 1.69 bits per heavy atom. The van der Waals surface area contributed by atoms with Gasteiger partial charge < -0.3 is 4.74 Å². The molecular formula is C17H15ClFNO5S. The molecule has 0 aromatic heterocycles. The van der Waals surface area contributed by atoms with Crippen LogP contribution in [-0.2, 0) is 14.8 Å². The highest BCUT2D eigenvalue weighted by Crippen LogP contribution is 2.23. The van der Waals surface area contributed by atoms with Gasteiger partial charge in [0.05, 0.1) is 10.6 Å². The number of nitrogens with one attached hydrogen (secondary N) is 1. The van der Waals surface area contributed by atoms with Gasteiger partial charge in [0.2, 0.25) is 15.8 Å². The monoisotopic (exact) mass is 399 g/mol. The van der Waals surface area contributed by atoms with Crippen LogP contribution >= 0.6 is 11.6 Å². The lowest BCUT2D eigenvalue weighted by molar-refractivity contribution is 0.0318. The maximum Gasteiger partial charge on any atom is 0.338 e. The first kappa shape index (κ1) is 20.0. The lowest BCUT2D eigenvalue weighted by Crippen LogP contribution is -2.25. The fourth-order valence-corrected chi connectivity index (χ4v) is 3.33. The summed E-state index contributed by atoms with van der Waals surface area (Å²) in [5.41, 5.74) is 0.100. The summed E-state index contributed by atoms with van der Waals surface area (Å²) in [5, 5.41) is -0.0636. The third kappa shape index (κ3) is 4.46. The summed E-state index contributed by atoms with van der Waals surface area (Å²) in [4.78, 5) is 24.2. The summed E-state index contributed by atoms with van der Waals surface area (Å²) in [6, 6.07) is 8.39. The number of carbonyl (C=O) groups is 2. The normalized spacial score (nSPS) is 12.5. The van der Waals surface area contributed by atoms with Gasteiger partial charge in [-0.3, -0.25) is 4.79 Å². The van der Waals surface area contributed by atoms with E-state index in [1.165, 1.54) is 38.2 Å². The van der Waals surface area contributed by atoms with Gasteiger partial charge >= 0.3 is 5.97 Å². The number of rotatable bonds is 6. The van der Waals surface area contributed by atoms with Crippen molar-refractivity contribution in [3.63, 3.8) is 0 Å². The molecule has 0 fully saturated rings. The molecule has 138 valence electrons. The molecule has 0 saturated heterocycles. The molecule has 0 aliphatic rings. The minimum Gasteiger partial charge on any atom is -0.451 e. The molecule has 0 heterocycles. The van der Waals surface area contributed by atoms with Gasteiger partial charge in [0, 0.05) is 5.56 Å². The minimum absolute atomic E-state index is 0.0636. The van der Waals surface area contributed by atoms with Crippen LogP contribution in [0.4, 0.5) is 4.39 Å². The molecule has 0 amide bonds. The van der Waals surface area contributed by atoms with Crippen LogP contribution in [0.15, 0.2) is 47.4 Å². The highest BCUT2D eigenvalue weighted by molar-refractivity contribution is 7.89. The smallest absolute Gasteiger partial charge is 0.338 e. The number of sulfonamides is 1. The standard InChI is InChI=1S/C17H15ClFNO5S/c1-10(16(21)11-3-6-13(19)7-4-11)25-17(22)12-5-8-14(18)15(9-12)26(23,24)20-2/h3-10,20H,1-2H3/t10-/m0/s1. The molecule has 0 aliphatic heterocycles. The van der Waals surface area contributed by atoms with E-state index in [2.05, 4.69) is 4.72 Å². The second-order valence-corrected chi connectivity index (χ2v) is 7.53. The first-order valence-electron chi connectivity index (χ1n) is 7.39. The Morgan fingerprint density at radius 3 is 2.27 bits per heavy atom. The molecule has 2 rings (SSSR count). The van der Waals surface area contributed by atoms with Gasteiger partial charge in [-0.05, 0) is 56.4 Å². The molecule has 26 heavy (non-hydrogen) atoms. The van der Waals surface area contributed by atoms with E-state index in [9.17, 15) is 22.4 Å². The third-order valence-electron chi connectivity index (χ3n) is 3.51. The molecule has 0 unspecified atom stereocenters. The van der Waals surface area contributed by atoms with Crippen molar-refractivity contribution < 1.29 is 27.1 Å². The molecule has 0 spiro atoms. The first-order valence-corrected chi connectivity index (χ1v) is 9.25. The molecule has 2 aromatic rings. The quantitative estimate of drug-likeness (QED) is 0.596. The van der Waals surface area contributed by atoms with Crippen LogP contribution in [-0.4, -0.2) is 33.3 Å². The van der Waals surface area contributed by atoms with Crippen molar-refractivity contribution in [2.45, 2.75) is 17.9 Å². The third-order valence-corrected chi connectivity index (χ3v) is 5.40. The molecular weight excluding hydrogens is 385 g/mol. The van der Waals surface area contributed by atoms with Crippen LogP contribution in [0.5, 0.6) is 0 Å². The van der Waals surface area contributed by atoms with Gasteiger partial charge in [-0.25, -0.2) is 22.3 Å².